The molecular formula is C16H19BrN4. The lowest BCUT2D eigenvalue weighted by Crippen LogP contribution is -2.47. The Morgan fingerprint density at radius 2 is 1.86 bits per heavy atom. The first-order chi connectivity index (χ1) is 10.3. The van der Waals surface area contributed by atoms with E-state index >= 15 is 0 Å². The maximum absolute atomic E-state index is 4.54. The van der Waals surface area contributed by atoms with Crippen LogP contribution in [0.25, 0.3) is 0 Å². The molecule has 1 aromatic carbocycles. The Hall–Kier alpha value is -1.46. The van der Waals surface area contributed by atoms with Crippen molar-refractivity contribution in [2.45, 2.75) is 11.4 Å². The number of anilines is 1. The minimum Gasteiger partial charge on any atom is -0.331 e. The number of benzene rings is 1. The van der Waals surface area contributed by atoms with Crippen molar-refractivity contribution in [2.75, 3.05) is 31.6 Å². The predicted octanol–water partition coefficient (Wildman–Crippen LogP) is 2.86. The third kappa shape index (κ3) is 3.24. The fraction of sp³-hybridized carbons (Fsp3) is 0.375. The van der Waals surface area contributed by atoms with Gasteiger partial charge in [-0.25, -0.2) is 9.97 Å². The van der Waals surface area contributed by atoms with Gasteiger partial charge in [-0.3, -0.25) is 0 Å². The van der Waals surface area contributed by atoms with Crippen molar-refractivity contribution >= 4 is 21.9 Å². The van der Waals surface area contributed by atoms with Crippen LogP contribution in [0.5, 0.6) is 0 Å². The van der Waals surface area contributed by atoms with Gasteiger partial charge < -0.3 is 9.80 Å². The van der Waals surface area contributed by atoms with Gasteiger partial charge in [0.2, 0.25) is 5.95 Å². The average Bonchev–Trinajstić information content (AvgIpc) is 2.56. The summed E-state index contributed by atoms with van der Waals surface area (Å²) in [5, 5.41) is 0.790. The number of hydrogen-bond donors (Lipinski definition) is 0. The van der Waals surface area contributed by atoms with E-state index in [0.717, 1.165) is 36.5 Å². The van der Waals surface area contributed by atoms with E-state index in [9.17, 15) is 0 Å². The summed E-state index contributed by atoms with van der Waals surface area (Å²) in [4.78, 5) is 13.8. The number of aromatic nitrogens is 2. The molecule has 0 N–H and O–H groups in total. The van der Waals surface area contributed by atoms with Crippen LogP contribution in [0.3, 0.4) is 0 Å². The average molecular weight is 347 g/mol. The highest BCUT2D eigenvalue weighted by Gasteiger charge is 2.28. The molecule has 3 rings (SSSR count). The summed E-state index contributed by atoms with van der Waals surface area (Å²) in [5.74, 6) is 0.821. The summed E-state index contributed by atoms with van der Waals surface area (Å²) in [5.41, 5.74) is 2.42. The lowest BCUT2D eigenvalue weighted by Gasteiger charge is -2.40. The van der Waals surface area contributed by atoms with E-state index in [4.69, 9.17) is 0 Å². The second-order valence-electron chi connectivity index (χ2n) is 5.41. The van der Waals surface area contributed by atoms with E-state index in [-0.39, 0.29) is 0 Å². The second kappa shape index (κ2) is 6.54. The van der Waals surface area contributed by atoms with Crippen LogP contribution in [0.4, 0.5) is 5.95 Å². The zero-order valence-corrected chi connectivity index (χ0v) is 13.7. The number of hydrogen-bond acceptors (Lipinski definition) is 4. The number of nitrogens with zero attached hydrogens (tertiary/aromatic N) is 4. The third-order valence-corrected chi connectivity index (χ3v) is 4.52. The van der Waals surface area contributed by atoms with E-state index in [1.165, 1.54) is 5.56 Å². The molecule has 21 heavy (non-hydrogen) atoms. The SMILES string of the molecule is CN1CCN(c2ncc(CBr)cn2)C(c2ccccc2)C1. The zero-order chi connectivity index (χ0) is 14.7. The highest BCUT2D eigenvalue weighted by molar-refractivity contribution is 9.08. The van der Waals surface area contributed by atoms with Gasteiger partial charge in [0, 0.05) is 37.4 Å². The van der Waals surface area contributed by atoms with Crippen molar-refractivity contribution in [3.63, 3.8) is 0 Å². The van der Waals surface area contributed by atoms with Crippen LogP contribution in [-0.4, -0.2) is 41.5 Å². The molecule has 1 aliphatic heterocycles. The molecule has 0 radical (unpaired) electrons. The number of piperazine rings is 1. The van der Waals surface area contributed by atoms with Gasteiger partial charge in [-0.2, -0.15) is 0 Å². The number of alkyl halides is 1. The van der Waals surface area contributed by atoms with Crippen molar-refractivity contribution in [2.24, 2.45) is 0 Å². The molecule has 1 unspecified atom stereocenters. The molecule has 1 saturated heterocycles. The highest BCUT2D eigenvalue weighted by Crippen LogP contribution is 2.27. The van der Waals surface area contributed by atoms with Gasteiger partial charge in [0.25, 0.3) is 0 Å². The molecule has 1 fully saturated rings. The molecule has 1 aromatic heterocycles. The first kappa shape index (κ1) is 14.5. The van der Waals surface area contributed by atoms with Crippen LogP contribution >= 0.6 is 15.9 Å². The van der Waals surface area contributed by atoms with Gasteiger partial charge in [0.1, 0.15) is 0 Å². The molecule has 0 bridgehead atoms. The standard InChI is InChI=1S/C16H19BrN4/c1-20-7-8-21(16-18-10-13(9-17)11-19-16)15(12-20)14-5-3-2-4-6-14/h2-6,10-11,15H,7-9,12H2,1H3. The van der Waals surface area contributed by atoms with Gasteiger partial charge >= 0.3 is 0 Å². The number of halogens is 1. The van der Waals surface area contributed by atoms with Gasteiger partial charge in [-0.1, -0.05) is 46.3 Å². The van der Waals surface area contributed by atoms with Gasteiger partial charge in [0.05, 0.1) is 6.04 Å². The monoisotopic (exact) mass is 346 g/mol. The first-order valence-electron chi connectivity index (χ1n) is 7.15. The fourth-order valence-corrected chi connectivity index (χ4v) is 2.97. The van der Waals surface area contributed by atoms with E-state index in [0.29, 0.717) is 6.04 Å². The summed E-state index contributed by atoms with van der Waals surface area (Å²) < 4.78 is 0. The Bertz CT molecular complexity index is 573. The first-order valence-corrected chi connectivity index (χ1v) is 8.27. The fourth-order valence-electron chi connectivity index (χ4n) is 2.68. The second-order valence-corrected chi connectivity index (χ2v) is 5.97. The summed E-state index contributed by atoms with van der Waals surface area (Å²) in [6, 6.07) is 10.9. The summed E-state index contributed by atoms with van der Waals surface area (Å²) in [7, 11) is 2.17. The third-order valence-electron chi connectivity index (χ3n) is 3.87. The molecule has 4 nitrogen and oxygen atoms in total. The lowest BCUT2D eigenvalue weighted by atomic mass is 10.0. The maximum Gasteiger partial charge on any atom is 0.225 e. The van der Waals surface area contributed by atoms with Crippen LogP contribution < -0.4 is 4.90 Å². The highest BCUT2D eigenvalue weighted by atomic mass is 79.9. The van der Waals surface area contributed by atoms with E-state index < -0.39 is 0 Å². The van der Waals surface area contributed by atoms with Crippen LogP contribution in [0.1, 0.15) is 17.2 Å². The summed E-state index contributed by atoms with van der Waals surface area (Å²) >= 11 is 3.43. The number of rotatable bonds is 3. The van der Waals surface area contributed by atoms with Crippen LogP contribution in [0, 0.1) is 0 Å². The maximum atomic E-state index is 4.54. The normalized spacial score (nSPS) is 19.7. The Balaban J connectivity index is 1.90. The molecule has 2 heterocycles. The lowest BCUT2D eigenvalue weighted by molar-refractivity contribution is 0.267. The van der Waals surface area contributed by atoms with Crippen molar-refractivity contribution in [1.82, 2.24) is 14.9 Å². The van der Waals surface area contributed by atoms with Crippen molar-refractivity contribution < 1.29 is 0 Å². The summed E-state index contributed by atoms with van der Waals surface area (Å²) in [6.07, 6.45) is 3.80. The Labute approximate surface area is 133 Å². The molecule has 0 aliphatic carbocycles. The Morgan fingerprint density at radius 1 is 1.14 bits per heavy atom. The molecular weight excluding hydrogens is 328 g/mol. The van der Waals surface area contributed by atoms with E-state index in [1.54, 1.807) is 0 Å². The molecule has 0 amide bonds. The number of likely N-dealkylation sites (N-methyl/N-ethyl adjacent to an activating group) is 1. The largest absolute Gasteiger partial charge is 0.331 e. The van der Waals surface area contributed by atoms with Gasteiger partial charge in [-0.05, 0) is 18.2 Å². The smallest absolute Gasteiger partial charge is 0.225 e. The van der Waals surface area contributed by atoms with Crippen molar-refractivity contribution in [3.8, 4) is 0 Å². The Kier molecular flexibility index (Phi) is 4.51. The van der Waals surface area contributed by atoms with Gasteiger partial charge in [0.15, 0.2) is 0 Å². The topological polar surface area (TPSA) is 32.3 Å². The molecule has 0 spiro atoms. The van der Waals surface area contributed by atoms with Crippen LogP contribution in [0.15, 0.2) is 42.7 Å². The van der Waals surface area contributed by atoms with Crippen LogP contribution in [-0.2, 0) is 5.33 Å². The molecule has 1 atom stereocenters. The summed E-state index contributed by atoms with van der Waals surface area (Å²) in [6.45, 7) is 2.98. The minimum absolute atomic E-state index is 0.305. The molecule has 5 heteroatoms. The molecule has 110 valence electrons. The van der Waals surface area contributed by atoms with E-state index in [1.807, 2.05) is 12.4 Å². The quantitative estimate of drug-likeness (QED) is 0.800. The Morgan fingerprint density at radius 3 is 2.52 bits per heavy atom. The van der Waals surface area contributed by atoms with E-state index in [2.05, 4.69) is 73.1 Å². The molecule has 1 aliphatic rings. The van der Waals surface area contributed by atoms with Crippen molar-refractivity contribution in [1.29, 1.82) is 0 Å². The van der Waals surface area contributed by atoms with Crippen LogP contribution in [0.2, 0.25) is 0 Å². The zero-order valence-electron chi connectivity index (χ0n) is 12.1. The minimum atomic E-state index is 0.305. The molecule has 0 saturated carbocycles. The predicted molar refractivity (Wildman–Crippen MR) is 88.7 cm³/mol. The van der Waals surface area contributed by atoms with Gasteiger partial charge in [-0.15, -0.1) is 0 Å². The van der Waals surface area contributed by atoms with Crippen molar-refractivity contribution in [3.05, 3.63) is 53.9 Å². The molecule has 2 aromatic rings.